The van der Waals surface area contributed by atoms with Crippen molar-refractivity contribution in [3.63, 3.8) is 0 Å². The first-order valence-electron chi connectivity index (χ1n) is 7.98. The molecule has 1 atom stereocenters. The van der Waals surface area contributed by atoms with Gasteiger partial charge in [0, 0.05) is 18.2 Å². The van der Waals surface area contributed by atoms with Gasteiger partial charge in [0.15, 0.2) is 5.75 Å². The van der Waals surface area contributed by atoms with Crippen LogP contribution in [0, 0.1) is 6.92 Å². The molecule has 0 saturated carbocycles. The van der Waals surface area contributed by atoms with Gasteiger partial charge in [0.1, 0.15) is 0 Å². The lowest BCUT2D eigenvalue weighted by molar-refractivity contribution is -0.135. The molecular formula is C20H17NO3. The third-order valence-corrected chi connectivity index (χ3v) is 4.57. The van der Waals surface area contributed by atoms with Crippen molar-refractivity contribution in [2.24, 2.45) is 0 Å². The summed E-state index contributed by atoms with van der Waals surface area (Å²) in [7, 11) is 0. The van der Waals surface area contributed by atoms with Gasteiger partial charge in [-0.15, -0.1) is 0 Å². The number of carbonyl (C=O) groups is 2. The fourth-order valence-corrected chi connectivity index (χ4v) is 3.48. The number of nitrogens with zero attached hydrogens (tertiary/aromatic N) is 1. The number of rotatable bonds is 1. The van der Waals surface area contributed by atoms with Crippen LogP contribution >= 0.6 is 0 Å². The van der Waals surface area contributed by atoms with E-state index in [9.17, 15) is 9.59 Å². The monoisotopic (exact) mass is 319 g/mol. The van der Waals surface area contributed by atoms with Crippen LogP contribution in [-0.4, -0.2) is 16.4 Å². The molecule has 0 fully saturated rings. The summed E-state index contributed by atoms with van der Waals surface area (Å²) in [6.07, 6.45) is 0.236. The predicted octanol–water partition coefficient (Wildman–Crippen LogP) is 4.05. The third kappa shape index (κ3) is 2.14. The highest BCUT2D eigenvalue weighted by Crippen LogP contribution is 2.44. The third-order valence-electron chi connectivity index (χ3n) is 4.57. The highest BCUT2D eigenvalue weighted by molar-refractivity contribution is 6.00. The summed E-state index contributed by atoms with van der Waals surface area (Å²) in [5, 5.41) is 0.799. The van der Waals surface area contributed by atoms with Gasteiger partial charge in [0.25, 0.3) is 0 Å². The van der Waals surface area contributed by atoms with E-state index < -0.39 is 0 Å². The second-order valence-corrected chi connectivity index (χ2v) is 6.23. The average Bonchev–Trinajstić information content (AvgIpc) is 2.89. The molecule has 2 heterocycles. The van der Waals surface area contributed by atoms with Crippen molar-refractivity contribution >= 4 is 22.8 Å². The summed E-state index contributed by atoms with van der Waals surface area (Å²) in [6, 6.07) is 15.6. The molecule has 3 aromatic rings. The summed E-state index contributed by atoms with van der Waals surface area (Å²) < 4.78 is 7.22. The molecule has 0 amide bonds. The molecule has 1 aliphatic rings. The topological polar surface area (TPSA) is 48.3 Å². The molecule has 4 nitrogen and oxygen atoms in total. The number of hydrogen-bond acceptors (Lipinski definition) is 3. The molecule has 1 aromatic heterocycles. The number of hydrogen-bond donors (Lipinski definition) is 0. The number of aromatic nitrogens is 1. The highest BCUT2D eigenvalue weighted by atomic mass is 16.5. The Kier molecular flexibility index (Phi) is 3.27. The summed E-state index contributed by atoms with van der Waals surface area (Å²) in [6.45, 7) is 3.56. The van der Waals surface area contributed by atoms with Gasteiger partial charge in [-0.25, -0.2) is 0 Å². The summed E-state index contributed by atoms with van der Waals surface area (Å²) in [5.41, 5.74) is 3.72. The maximum atomic E-state index is 12.3. The molecule has 1 unspecified atom stereocenters. The van der Waals surface area contributed by atoms with Gasteiger partial charge in [-0.3, -0.25) is 14.2 Å². The normalized spacial score (nSPS) is 16.8. The van der Waals surface area contributed by atoms with Crippen molar-refractivity contribution in [3.8, 4) is 5.75 Å². The Labute approximate surface area is 139 Å². The van der Waals surface area contributed by atoms with E-state index in [2.05, 4.69) is 0 Å². The summed E-state index contributed by atoms with van der Waals surface area (Å²) >= 11 is 0. The minimum Gasteiger partial charge on any atom is -0.424 e. The van der Waals surface area contributed by atoms with E-state index >= 15 is 0 Å². The van der Waals surface area contributed by atoms with Crippen LogP contribution < -0.4 is 4.74 Å². The average molecular weight is 319 g/mol. The largest absolute Gasteiger partial charge is 0.424 e. The van der Waals surface area contributed by atoms with E-state index in [-0.39, 0.29) is 24.2 Å². The Morgan fingerprint density at radius 3 is 2.54 bits per heavy atom. The van der Waals surface area contributed by atoms with Gasteiger partial charge in [-0.1, -0.05) is 42.0 Å². The molecule has 120 valence electrons. The molecule has 1 aliphatic heterocycles. The molecule has 0 spiro atoms. The van der Waals surface area contributed by atoms with Crippen molar-refractivity contribution in [1.29, 1.82) is 0 Å². The second-order valence-electron chi connectivity index (χ2n) is 6.23. The molecule has 0 aliphatic carbocycles. The van der Waals surface area contributed by atoms with E-state index in [4.69, 9.17) is 4.74 Å². The quantitative estimate of drug-likeness (QED) is 0.636. The molecular weight excluding hydrogens is 302 g/mol. The molecule has 2 aromatic carbocycles. The van der Waals surface area contributed by atoms with Crippen LogP contribution in [0.3, 0.4) is 0 Å². The molecule has 4 heteroatoms. The number of aryl methyl sites for hydroxylation is 1. The maximum Gasteiger partial charge on any atom is 0.312 e. The maximum absolute atomic E-state index is 12.3. The minimum atomic E-state index is -0.264. The Balaban J connectivity index is 2.03. The van der Waals surface area contributed by atoms with Crippen LogP contribution in [0.15, 0.2) is 48.5 Å². The fraction of sp³-hybridized carbons (Fsp3) is 0.200. The smallest absolute Gasteiger partial charge is 0.312 e. The van der Waals surface area contributed by atoms with Crippen LogP contribution in [0.2, 0.25) is 0 Å². The first-order valence-corrected chi connectivity index (χ1v) is 7.98. The number of carbonyl (C=O) groups excluding carboxylic acids is 2. The zero-order chi connectivity index (χ0) is 16.8. The fourth-order valence-electron chi connectivity index (χ4n) is 3.48. The first-order chi connectivity index (χ1) is 11.6. The number of esters is 1. The Morgan fingerprint density at radius 2 is 1.83 bits per heavy atom. The number of benzene rings is 2. The Morgan fingerprint density at radius 1 is 1.12 bits per heavy atom. The van der Waals surface area contributed by atoms with E-state index in [1.54, 1.807) is 4.57 Å². The molecule has 0 saturated heterocycles. The van der Waals surface area contributed by atoms with Crippen molar-refractivity contribution in [1.82, 2.24) is 4.57 Å². The molecule has 24 heavy (non-hydrogen) atoms. The standard InChI is InChI=1S/C20H17NO3/c1-12-7-9-14(10-8-12)16-11-18(23)24-20-15-5-3-4-6-17(15)21(13(2)22)19(16)20/h3-10,16H,11H2,1-2H3. The van der Waals surface area contributed by atoms with Gasteiger partial charge in [-0.05, 0) is 24.6 Å². The Hall–Kier alpha value is -2.88. The van der Waals surface area contributed by atoms with Crippen molar-refractivity contribution in [2.45, 2.75) is 26.2 Å². The Bertz CT molecular complexity index is 966. The second kappa shape index (κ2) is 5.34. The highest BCUT2D eigenvalue weighted by Gasteiger charge is 2.35. The van der Waals surface area contributed by atoms with E-state index in [1.807, 2.05) is 55.5 Å². The van der Waals surface area contributed by atoms with Gasteiger partial charge in [-0.2, -0.15) is 0 Å². The van der Waals surface area contributed by atoms with Crippen LogP contribution in [0.25, 0.3) is 10.9 Å². The van der Waals surface area contributed by atoms with Crippen molar-refractivity contribution in [2.75, 3.05) is 0 Å². The van der Waals surface area contributed by atoms with Crippen LogP contribution in [0.5, 0.6) is 5.75 Å². The number of fused-ring (bicyclic) bond motifs is 3. The number of ether oxygens (including phenoxy) is 1. The minimum absolute atomic E-state index is 0.0810. The summed E-state index contributed by atoms with van der Waals surface area (Å²) in [5.74, 6) is -0.0113. The van der Waals surface area contributed by atoms with Gasteiger partial charge in [0.05, 0.1) is 17.6 Å². The van der Waals surface area contributed by atoms with E-state index in [0.717, 1.165) is 27.7 Å². The lowest BCUT2D eigenvalue weighted by atomic mass is 9.89. The SMILES string of the molecule is CC(=O)n1c2c(c3ccccc31)OC(=O)CC2c1ccc(C)cc1. The van der Waals surface area contributed by atoms with Gasteiger partial charge < -0.3 is 4.74 Å². The van der Waals surface area contributed by atoms with Crippen molar-refractivity contribution < 1.29 is 14.3 Å². The van der Waals surface area contributed by atoms with E-state index in [1.165, 1.54) is 6.92 Å². The summed E-state index contributed by atoms with van der Waals surface area (Å²) in [4.78, 5) is 24.5. The molecule has 4 rings (SSSR count). The predicted molar refractivity (Wildman–Crippen MR) is 91.5 cm³/mol. The zero-order valence-corrected chi connectivity index (χ0v) is 13.6. The lowest BCUT2D eigenvalue weighted by Crippen LogP contribution is -2.24. The molecule has 0 radical (unpaired) electrons. The van der Waals surface area contributed by atoms with Crippen LogP contribution in [0.1, 0.15) is 40.9 Å². The molecule has 0 bridgehead atoms. The van der Waals surface area contributed by atoms with Crippen molar-refractivity contribution in [3.05, 3.63) is 65.4 Å². The van der Waals surface area contributed by atoms with E-state index in [0.29, 0.717) is 5.75 Å². The molecule has 0 N–H and O–H groups in total. The van der Waals surface area contributed by atoms with Crippen LogP contribution in [-0.2, 0) is 4.79 Å². The van der Waals surface area contributed by atoms with Crippen LogP contribution in [0.4, 0.5) is 0 Å². The van der Waals surface area contributed by atoms with Gasteiger partial charge >= 0.3 is 5.97 Å². The number of para-hydroxylation sites is 1. The van der Waals surface area contributed by atoms with Gasteiger partial charge in [0.2, 0.25) is 5.91 Å². The zero-order valence-electron chi connectivity index (χ0n) is 13.6. The first kappa shape index (κ1) is 14.7. The lowest BCUT2D eigenvalue weighted by Gasteiger charge is -2.24.